The standard InChI is InChI=1S/C49H100N2O3.CH4O.CH2O/c1-7-11-24-33-46(34-25-12-8-2)37-28-20-17-15-16-18-22-30-41-51(43-40-48(52)45-50(5)6)42-31-23-19-21-29-39-49(53)54-44-32-38-47(35-26-13-9-3)36-27-14-10-4;2*1-2/h46-48,52H,7-45H2,1-6H3;2H,1H3;1H2. The van der Waals surface area contributed by atoms with E-state index in [1.807, 2.05) is 20.9 Å². The van der Waals surface area contributed by atoms with E-state index >= 15 is 0 Å². The van der Waals surface area contributed by atoms with Gasteiger partial charge in [0, 0.05) is 26.6 Å². The number of hydrogen-bond acceptors (Lipinski definition) is 7. The lowest BCUT2D eigenvalue weighted by atomic mass is 9.90. The van der Waals surface area contributed by atoms with Gasteiger partial charge in [-0.3, -0.25) is 4.79 Å². The van der Waals surface area contributed by atoms with Crippen molar-refractivity contribution in [3.8, 4) is 0 Å². The van der Waals surface area contributed by atoms with Crippen molar-refractivity contribution in [2.45, 2.75) is 252 Å². The largest absolute Gasteiger partial charge is 0.466 e. The Morgan fingerprint density at radius 1 is 0.483 bits per heavy atom. The minimum absolute atomic E-state index is 0.00504. The molecule has 7 nitrogen and oxygen atoms in total. The summed E-state index contributed by atoms with van der Waals surface area (Å²) >= 11 is 0. The first-order chi connectivity index (χ1) is 28.4. The van der Waals surface area contributed by atoms with Crippen LogP contribution in [0.25, 0.3) is 0 Å². The molecule has 0 aliphatic carbocycles. The topological polar surface area (TPSA) is 90.3 Å². The van der Waals surface area contributed by atoms with Crippen LogP contribution in [0.4, 0.5) is 0 Å². The van der Waals surface area contributed by atoms with Gasteiger partial charge in [-0.15, -0.1) is 0 Å². The fourth-order valence-corrected chi connectivity index (χ4v) is 8.37. The Morgan fingerprint density at radius 3 is 1.22 bits per heavy atom. The van der Waals surface area contributed by atoms with Crippen LogP contribution in [-0.4, -0.2) is 92.9 Å². The van der Waals surface area contributed by atoms with Gasteiger partial charge in [-0.05, 0) is 77.5 Å². The Balaban J connectivity index is -0.00000731. The van der Waals surface area contributed by atoms with Crippen LogP contribution in [0.15, 0.2) is 0 Å². The second-order valence-electron chi connectivity index (χ2n) is 17.8. The lowest BCUT2D eigenvalue weighted by molar-refractivity contribution is -0.144. The Kier molecular flexibility index (Phi) is 55.1. The molecule has 1 unspecified atom stereocenters. The van der Waals surface area contributed by atoms with Crippen molar-refractivity contribution in [1.29, 1.82) is 0 Å². The Labute approximate surface area is 364 Å². The maximum absolute atomic E-state index is 12.4. The van der Waals surface area contributed by atoms with Crippen LogP contribution in [-0.2, 0) is 14.3 Å². The minimum Gasteiger partial charge on any atom is -0.466 e. The van der Waals surface area contributed by atoms with Gasteiger partial charge >= 0.3 is 5.97 Å². The number of aliphatic hydroxyl groups is 2. The molecule has 7 heteroatoms. The van der Waals surface area contributed by atoms with Gasteiger partial charge in [0.05, 0.1) is 12.7 Å². The summed E-state index contributed by atoms with van der Waals surface area (Å²) in [5.74, 6) is 1.81. The highest BCUT2D eigenvalue weighted by molar-refractivity contribution is 5.69. The van der Waals surface area contributed by atoms with E-state index in [2.05, 4.69) is 37.5 Å². The smallest absolute Gasteiger partial charge is 0.305 e. The van der Waals surface area contributed by atoms with E-state index in [9.17, 15) is 9.90 Å². The second-order valence-corrected chi connectivity index (χ2v) is 17.8. The fourth-order valence-electron chi connectivity index (χ4n) is 8.37. The fraction of sp³-hybridized carbons (Fsp3) is 0.961. The van der Waals surface area contributed by atoms with Crippen molar-refractivity contribution in [3.63, 3.8) is 0 Å². The number of rotatable bonds is 44. The van der Waals surface area contributed by atoms with Gasteiger partial charge < -0.3 is 29.5 Å². The van der Waals surface area contributed by atoms with Crippen LogP contribution in [0.2, 0.25) is 0 Å². The molecule has 0 bridgehead atoms. The Hall–Kier alpha value is -1.02. The second kappa shape index (κ2) is 52.1. The molecule has 0 aliphatic heterocycles. The first-order valence-electron chi connectivity index (χ1n) is 25.3. The first kappa shape index (κ1) is 61.3. The number of carbonyl (C=O) groups is 2. The molecule has 0 amide bonds. The van der Waals surface area contributed by atoms with Crippen molar-refractivity contribution in [2.75, 3.05) is 54.0 Å². The molecule has 58 heavy (non-hydrogen) atoms. The van der Waals surface area contributed by atoms with E-state index in [1.165, 1.54) is 186 Å². The number of likely N-dealkylation sites (N-methyl/N-ethyl adjacent to an activating group) is 1. The van der Waals surface area contributed by atoms with E-state index < -0.39 is 0 Å². The monoisotopic (exact) mass is 827 g/mol. The number of unbranched alkanes of at least 4 members (excludes halogenated alkanes) is 19. The first-order valence-corrected chi connectivity index (χ1v) is 25.3. The van der Waals surface area contributed by atoms with Crippen molar-refractivity contribution >= 4 is 12.8 Å². The van der Waals surface area contributed by atoms with Gasteiger partial charge in [-0.25, -0.2) is 0 Å². The summed E-state index contributed by atoms with van der Waals surface area (Å²) in [6.45, 7) is 15.9. The minimum atomic E-state index is -0.247. The summed E-state index contributed by atoms with van der Waals surface area (Å²) in [6, 6.07) is 0. The van der Waals surface area contributed by atoms with Crippen molar-refractivity contribution < 1.29 is 24.5 Å². The molecule has 350 valence electrons. The van der Waals surface area contributed by atoms with Crippen molar-refractivity contribution in [2.24, 2.45) is 11.8 Å². The molecule has 0 radical (unpaired) electrons. The molecule has 2 N–H and O–H groups in total. The summed E-state index contributed by atoms with van der Waals surface area (Å²) in [5.41, 5.74) is 0. The highest BCUT2D eigenvalue weighted by atomic mass is 16.5. The van der Waals surface area contributed by atoms with Gasteiger partial charge in [0.2, 0.25) is 0 Å². The van der Waals surface area contributed by atoms with E-state index in [4.69, 9.17) is 14.6 Å². The molecule has 0 aliphatic rings. The molecule has 0 aromatic carbocycles. The zero-order valence-electron chi connectivity index (χ0n) is 40.5. The van der Waals surface area contributed by atoms with E-state index in [-0.39, 0.29) is 12.1 Å². The molecular weight excluding hydrogens is 721 g/mol. The number of ether oxygens (including phenoxy) is 1. The number of esters is 1. The lowest BCUT2D eigenvalue weighted by Gasteiger charge is -2.24. The van der Waals surface area contributed by atoms with E-state index in [0.717, 1.165) is 70.8 Å². The molecule has 0 spiro atoms. The van der Waals surface area contributed by atoms with Gasteiger partial charge in [0.15, 0.2) is 0 Å². The zero-order chi connectivity index (χ0) is 43.7. The van der Waals surface area contributed by atoms with E-state index in [0.29, 0.717) is 13.0 Å². The molecule has 0 aromatic heterocycles. The van der Waals surface area contributed by atoms with Gasteiger partial charge in [0.25, 0.3) is 0 Å². The summed E-state index contributed by atoms with van der Waals surface area (Å²) < 4.78 is 5.62. The van der Waals surface area contributed by atoms with Crippen LogP contribution in [0, 0.1) is 11.8 Å². The molecular formula is C51H106N2O5. The maximum Gasteiger partial charge on any atom is 0.305 e. The highest BCUT2D eigenvalue weighted by Gasteiger charge is 2.12. The molecule has 0 saturated carbocycles. The third kappa shape index (κ3) is 47.7. The molecule has 0 fully saturated rings. The molecule has 0 heterocycles. The van der Waals surface area contributed by atoms with Crippen LogP contribution in [0.1, 0.15) is 246 Å². The predicted octanol–water partition coefficient (Wildman–Crippen LogP) is 13.8. The number of nitrogens with zero attached hydrogens (tertiary/aromatic N) is 2. The lowest BCUT2D eigenvalue weighted by Crippen LogP contribution is -2.33. The van der Waals surface area contributed by atoms with Gasteiger partial charge in [-0.2, -0.15) is 0 Å². The van der Waals surface area contributed by atoms with Gasteiger partial charge in [0.1, 0.15) is 6.79 Å². The molecule has 0 aromatic rings. The highest BCUT2D eigenvalue weighted by Crippen LogP contribution is 2.25. The third-order valence-corrected chi connectivity index (χ3v) is 11.9. The summed E-state index contributed by atoms with van der Waals surface area (Å²) in [7, 11) is 5.09. The quantitative estimate of drug-likeness (QED) is 0.0467. The molecule has 1 atom stereocenters. The average molecular weight is 827 g/mol. The van der Waals surface area contributed by atoms with Crippen LogP contribution in [0.5, 0.6) is 0 Å². The van der Waals surface area contributed by atoms with E-state index in [1.54, 1.807) is 0 Å². The van der Waals surface area contributed by atoms with Gasteiger partial charge in [-0.1, -0.05) is 201 Å². The summed E-state index contributed by atoms with van der Waals surface area (Å²) in [5, 5.41) is 17.5. The molecule has 0 rings (SSSR count). The van der Waals surface area contributed by atoms with Crippen molar-refractivity contribution in [1.82, 2.24) is 9.80 Å². The number of carbonyl (C=O) groups excluding carboxylic acids is 2. The normalized spacial score (nSPS) is 11.9. The van der Waals surface area contributed by atoms with Crippen LogP contribution >= 0.6 is 0 Å². The molecule has 0 saturated heterocycles. The number of hydrogen-bond donors (Lipinski definition) is 2. The predicted molar refractivity (Wildman–Crippen MR) is 254 cm³/mol. The van der Waals surface area contributed by atoms with Crippen LogP contribution < -0.4 is 0 Å². The summed E-state index contributed by atoms with van der Waals surface area (Å²) in [6.07, 6.45) is 43.7. The summed E-state index contributed by atoms with van der Waals surface area (Å²) in [4.78, 5) is 25.1. The maximum atomic E-state index is 12.4. The SMILES string of the molecule is C=O.CCCCCC(CCCCC)CCCCCCCCCCN(CCCCCCCC(=O)OCCCC(CCCCC)CCCCC)CCC(O)CN(C)C.CO. The Morgan fingerprint density at radius 2 is 0.828 bits per heavy atom. The average Bonchev–Trinajstić information content (AvgIpc) is 3.22. The number of aliphatic hydroxyl groups excluding tert-OH is 2. The third-order valence-electron chi connectivity index (χ3n) is 11.9. The van der Waals surface area contributed by atoms with Crippen molar-refractivity contribution in [3.05, 3.63) is 0 Å². The zero-order valence-corrected chi connectivity index (χ0v) is 40.5. The Bertz CT molecular complexity index is 749. The van der Waals surface area contributed by atoms with Crippen LogP contribution in [0.3, 0.4) is 0 Å².